The second-order valence-corrected chi connectivity index (χ2v) is 8.80. The number of piperidine rings is 1. The van der Waals surface area contributed by atoms with Crippen molar-refractivity contribution in [2.24, 2.45) is 23.0 Å². The highest BCUT2D eigenvalue weighted by Crippen LogP contribution is 2.33. The zero-order chi connectivity index (χ0) is 14.3. The minimum absolute atomic E-state index is 0. The van der Waals surface area contributed by atoms with Crippen molar-refractivity contribution in [3.05, 3.63) is 0 Å². The van der Waals surface area contributed by atoms with E-state index in [1.807, 2.05) is 0 Å². The SMILES string of the molecule is CC1CC(C)CN(S(=O)(=O)N2CCC(C)(CN)C2)C1.Cl. The summed E-state index contributed by atoms with van der Waals surface area (Å²) in [6, 6.07) is 0. The second kappa shape index (κ2) is 6.48. The minimum atomic E-state index is -3.30. The highest BCUT2D eigenvalue weighted by Gasteiger charge is 2.42. The molecule has 3 unspecified atom stereocenters. The third kappa shape index (κ3) is 3.65. The van der Waals surface area contributed by atoms with Crippen LogP contribution in [0.5, 0.6) is 0 Å². The maximum absolute atomic E-state index is 12.7. The van der Waals surface area contributed by atoms with E-state index in [2.05, 4.69) is 20.8 Å². The summed E-state index contributed by atoms with van der Waals surface area (Å²) in [5.74, 6) is 0.893. The Kier molecular flexibility index (Phi) is 5.89. The lowest BCUT2D eigenvalue weighted by molar-refractivity contribution is 0.210. The molecule has 0 aromatic rings. The van der Waals surface area contributed by atoms with Crippen molar-refractivity contribution < 1.29 is 8.42 Å². The molecule has 2 aliphatic heterocycles. The number of hydrogen-bond donors (Lipinski definition) is 1. The molecular weight excluding hydrogens is 298 g/mol. The van der Waals surface area contributed by atoms with Gasteiger partial charge >= 0.3 is 0 Å². The Balaban J connectivity index is 0.00000200. The molecule has 2 heterocycles. The average molecular weight is 326 g/mol. The predicted molar refractivity (Wildman–Crippen MR) is 84.0 cm³/mol. The number of halogens is 1. The van der Waals surface area contributed by atoms with Gasteiger partial charge in [0, 0.05) is 26.2 Å². The molecule has 2 fully saturated rings. The molecule has 5 nitrogen and oxygen atoms in total. The van der Waals surface area contributed by atoms with E-state index in [4.69, 9.17) is 5.73 Å². The van der Waals surface area contributed by atoms with Gasteiger partial charge in [-0.2, -0.15) is 17.0 Å². The molecule has 0 amide bonds. The van der Waals surface area contributed by atoms with Gasteiger partial charge in [0.1, 0.15) is 0 Å². The van der Waals surface area contributed by atoms with Crippen LogP contribution in [0.4, 0.5) is 0 Å². The highest BCUT2D eigenvalue weighted by molar-refractivity contribution is 7.86. The predicted octanol–water partition coefficient (Wildman–Crippen LogP) is 1.30. The van der Waals surface area contributed by atoms with E-state index in [-0.39, 0.29) is 17.8 Å². The molecule has 0 aromatic carbocycles. The van der Waals surface area contributed by atoms with E-state index in [1.54, 1.807) is 8.61 Å². The van der Waals surface area contributed by atoms with E-state index in [0.717, 1.165) is 12.8 Å². The fraction of sp³-hybridized carbons (Fsp3) is 1.00. The summed E-state index contributed by atoms with van der Waals surface area (Å²) in [5, 5.41) is 0. The van der Waals surface area contributed by atoms with E-state index in [1.165, 1.54) is 0 Å². The van der Waals surface area contributed by atoms with Crippen LogP contribution in [-0.2, 0) is 10.2 Å². The molecule has 0 bridgehead atoms. The summed E-state index contributed by atoms with van der Waals surface area (Å²) in [5.41, 5.74) is 5.71. The van der Waals surface area contributed by atoms with Crippen molar-refractivity contribution in [2.45, 2.75) is 33.6 Å². The van der Waals surface area contributed by atoms with Crippen LogP contribution in [0.2, 0.25) is 0 Å². The van der Waals surface area contributed by atoms with Crippen molar-refractivity contribution in [2.75, 3.05) is 32.7 Å². The van der Waals surface area contributed by atoms with Gasteiger partial charge in [-0.05, 0) is 36.6 Å². The first kappa shape index (κ1) is 18.2. The molecule has 0 radical (unpaired) electrons. The lowest BCUT2D eigenvalue weighted by Gasteiger charge is -2.36. The normalized spacial score (nSPS) is 36.8. The van der Waals surface area contributed by atoms with Crippen molar-refractivity contribution in [3.63, 3.8) is 0 Å². The highest BCUT2D eigenvalue weighted by atomic mass is 35.5. The lowest BCUT2D eigenvalue weighted by atomic mass is 9.90. The van der Waals surface area contributed by atoms with Crippen molar-refractivity contribution >= 4 is 22.6 Å². The van der Waals surface area contributed by atoms with Crippen LogP contribution in [0, 0.1) is 17.3 Å². The van der Waals surface area contributed by atoms with Gasteiger partial charge in [-0.1, -0.05) is 20.8 Å². The molecule has 120 valence electrons. The van der Waals surface area contributed by atoms with Gasteiger partial charge in [0.05, 0.1) is 0 Å². The lowest BCUT2D eigenvalue weighted by Crippen LogP contribution is -2.49. The molecule has 0 saturated carbocycles. The number of hydrogen-bond acceptors (Lipinski definition) is 3. The third-order valence-corrected chi connectivity index (χ3v) is 6.42. The standard InChI is InChI=1S/C13H27N3O2S.ClH/c1-11-6-12(2)8-16(7-11)19(17,18)15-5-4-13(3,9-14)10-15;/h11-12H,4-10,14H2,1-3H3;1H. The summed E-state index contributed by atoms with van der Waals surface area (Å²) in [7, 11) is -3.30. The molecule has 0 aliphatic carbocycles. The molecule has 20 heavy (non-hydrogen) atoms. The quantitative estimate of drug-likeness (QED) is 0.850. The monoisotopic (exact) mass is 325 g/mol. The van der Waals surface area contributed by atoms with Crippen molar-refractivity contribution in [1.29, 1.82) is 0 Å². The first-order valence-corrected chi connectivity index (χ1v) is 8.62. The summed E-state index contributed by atoms with van der Waals surface area (Å²) in [6.07, 6.45) is 1.98. The Bertz CT molecular complexity index is 421. The number of rotatable bonds is 3. The Morgan fingerprint density at radius 3 is 2.20 bits per heavy atom. The molecular formula is C13H28ClN3O2S. The average Bonchev–Trinajstić information content (AvgIpc) is 2.72. The van der Waals surface area contributed by atoms with Gasteiger partial charge < -0.3 is 5.73 Å². The van der Waals surface area contributed by atoms with Crippen LogP contribution in [0.15, 0.2) is 0 Å². The molecule has 2 rings (SSSR count). The smallest absolute Gasteiger partial charge is 0.282 e. The summed E-state index contributed by atoms with van der Waals surface area (Å²) < 4.78 is 28.7. The first-order chi connectivity index (χ1) is 8.77. The molecule has 2 aliphatic rings. The summed E-state index contributed by atoms with van der Waals surface area (Å²) >= 11 is 0. The number of nitrogens with zero attached hydrogens (tertiary/aromatic N) is 2. The molecule has 0 aromatic heterocycles. The largest absolute Gasteiger partial charge is 0.330 e. The third-order valence-electron chi connectivity index (χ3n) is 4.50. The maximum Gasteiger partial charge on any atom is 0.282 e. The molecule has 2 N–H and O–H groups in total. The van der Waals surface area contributed by atoms with Gasteiger partial charge in [0.15, 0.2) is 0 Å². The fourth-order valence-corrected chi connectivity index (χ4v) is 5.31. The van der Waals surface area contributed by atoms with Gasteiger partial charge in [-0.3, -0.25) is 0 Å². The second-order valence-electron chi connectivity index (χ2n) is 6.87. The van der Waals surface area contributed by atoms with Gasteiger partial charge in [0.25, 0.3) is 10.2 Å². The summed E-state index contributed by atoms with van der Waals surface area (Å²) in [4.78, 5) is 0. The Hall–Kier alpha value is 0.120. The van der Waals surface area contributed by atoms with E-state index in [0.29, 0.717) is 44.6 Å². The van der Waals surface area contributed by atoms with Gasteiger partial charge in [0.2, 0.25) is 0 Å². The van der Waals surface area contributed by atoms with Crippen LogP contribution in [0.3, 0.4) is 0 Å². The minimum Gasteiger partial charge on any atom is -0.330 e. The Morgan fingerprint density at radius 2 is 1.75 bits per heavy atom. The van der Waals surface area contributed by atoms with Crippen LogP contribution in [0.25, 0.3) is 0 Å². The van der Waals surface area contributed by atoms with E-state index >= 15 is 0 Å². The molecule has 2 saturated heterocycles. The zero-order valence-electron chi connectivity index (χ0n) is 12.7. The van der Waals surface area contributed by atoms with Gasteiger partial charge in [-0.25, -0.2) is 0 Å². The van der Waals surface area contributed by atoms with Crippen molar-refractivity contribution in [3.8, 4) is 0 Å². The van der Waals surface area contributed by atoms with Crippen LogP contribution < -0.4 is 5.73 Å². The van der Waals surface area contributed by atoms with E-state index < -0.39 is 10.2 Å². The van der Waals surface area contributed by atoms with Gasteiger partial charge in [-0.15, -0.1) is 12.4 Å². The number of nitrogens with two attached hydrogens (primary N) is 1. The molecule has 7 heteroatoms. The molecule has 0 spiro atoms. The maximum atomic E-state index is 12.7. The van der Waals surface area contributed by atoms with Crippen LogP contribution in [-0.4, -0.2) is 49.8 Å². The van der Waals surface area contributed by atoms with Crippen LogP contribution in [0.1, 0.15) is 33.6 Å². The van der Waals surface area contributed by atoms with Crippen LogP contribution >= 0.6 is 12.4 Å². The first-order valence-electron chi connectivity index (χ1n) is 7.22. The fourth-order valence-electron chi connectivity index (χ4n) is 3.30. The zero-order valence-corrected chi connectivity index (χ0v) is 14.3. The summed E-state index contributed by atoms with van der Waals surface area (Å²) in [6.45, 7) is 9.36. The Labute approximate surface area is 129 Å². The van der Waals surface area contributed by atoms with E-state index in [9.17, 15) is 8.42 Å². The van der Waals surface area contributed by atoms with Crippen molar-refractivity contribution in [1.82, 2.24) is 8.61 Å². The molecule has 3 atom stereocenters. The topological polar surface area (TPSA) is 66.6 Å². The Morgan fingerprint density at radius 1 is 1.20 bits per heavy atom.